The minimum absolute atomic E-state index is 0.0673. The summed E-state index contributed by atoms with van der Waals surface area (Å²) in [4.78, 5) is 22.1. The quantitative estimate of drug-likeness (QED) is 0.760. The Morgan fingerprint density at radius 3 is 2.85 bits per heavy atom. The highest BCUT2D eigenvalue weighted by Crippen LogP contribution is 2.14. The van der Waals surface area contributed by atoms with Crippen LogP contribution >= 0.6 is 11.8 Å². The van der Waals surface area contributed by atoms with E-state index < -0.39 is 5.97 Å². The number of fused-ring (bicyclic) bond motifs is 1. The molecular formula is C14H16N2O3S. The number of aliphatic carboxylic acids is 1. The van der Waals surface area contributed by atoms with Crippen molar-refractivity contribution in [2.45, 2.75) is 6.54 Å². The van der Waals surface area contributed by atoms with Crippen LogP contribution < -0.4 is 5.32 Å². The molecule has 0 fully saturated rings. The number of para-hydroxylation sites is 1. The minimum atomic E-state index is -0.833. The van der Waals surface area contributed by atoms with Crippen molar-refractivity contribution >= 4 is 34.5 Å². The number of aromatic nitrogens is 1. The zero-order valence-corrected chi connectivity index (χ0v) is 11.7. The molecule has 0 aliphatic carbocycles. The third-order valence-corrected chi connectivity index (χ3v) is 3.73. The van der Waals surface area contributed by atoms with E-state index >= 15 is 0 Å². The van der Waals surface area contributed by atoms with Gasteiger partial charge in [0.15, 0.2) is 0 Å². The first-order valence-corrected chi connectivity index (χ1v) is 7.42. The highest BCUT2D eigenvalue weighted by Gasteiger charge is 2.05. The van der Waals surface area contributed by atoms with E-state index in [1.165, 1.54) is 11.8 Å². The van der Waals surface area contributed by atoms with Crippen LogP contribution in [-0.4, -0.2) is 39.6 Å². The van der Waals surface area contributed by atoms with Gasteiger partial charge in [-0.3, -0.25) is 9.59 Å². The van der Waals surface area contributed by atoms with Crippen molar-refractivity contribution in [3.05, 3.63) is 36.5 Å². The first-order valence-electron chi connectivity index (χ1n) is 6.27. The Labute approximate surface area is 121 Å². The summed E-state index contributed by atoms with van der Waals surface area (Å²) in [6.45, 7) is 0.757. The molecule has 0 saturated heterocycles. The predicted octanol–water partition coefficient (Wildman–Crippen LogP) is 1.58. The van der Waals surface area contributed by atoms with Gasteiger partial charge in [0, 0.05) is 24.0 Å². The molecule has 0 aliphatic rings. The van der Waals surface area contributed by atoms with E-state index in [-0.39, 0.29) is 18.2 Å². The number of hydrogen-bond acceptors (Lipinski definition) is 3. The molecule has 0 aliphatic heterocycles. The maximum Gasteiger partial charge on any atom is 0.313 e. The highest BCUT2D eigenvalue weighted by atomic mass is 32.2. The van der Waals surface area contributed by atoms with Crippen molar-refractivity contribution in [1.82, 2.24) is 9.88 Å². The Morgan fingerprint density at radius 2 is 2.05 bits per heavy atom. The van der Waals surface area contributed by atoms with Gasteiger partial charge in [-0.05, 0) is 17.5 Å². The number of benzene rings is 1. The lowest BCUT2D eigenvalue weighted by molar-refractivity contribution is -0.133. The fourth-order valence-electron chi connectivity index (χ4n) is 1.91. The van der Waals surface area contributed by atoms with E-state index in [2.05, 4.69) is 5.32 Å². The summed E-state index contributed by atoms with van der Waals surface area (Å²) in [5, 5.41) is 12.4. The van der Waals surface area contributed by atoms with Crippen LogP contribution in [0.1, 0.15) is 0 Å². The van der Waals surface area contributed by atoms with E-state index in [9.17, 15) is 9.59 Å². The van der Waals surface area contributed by atoms with E-state index in [0.29, 0.717) is 12.3 Å². The van der Waals surface area contributed by atoms with Gasteiger partial charge in [0.25, 0.3) is 0 Å². The van der Waals surface area contributed by atoms with E-state index in [1.807, 2.05) is 41.1 Å². The van der Waals surface area contributed by atoms with Gasteiger partial charge >= 0.3 is 5.97 Å². The van der Waals surface area contributed by atoms with Gasteiger partial charge in [-0.25, -0.2) is 0 Å². The summed E-state index contributed by atoms with van der Waals surface area (Å²) in [7, 11) is 0. The summed E-state index contributed by atoms with van der Waals surface area (Å²) in [5.41, 5.74) is 1.03. The number of carboxylic acids is 1. The van der Waals surface area contributed by atoms with Gasteiger partial charge in [0.2, 0.25) is 5.91 Å². The fraction of sp³-hybridized carbons (Fsp3) is 0.286. The lowest BCUT2D eigenvalue weighted by Gasteiger charge is -2.07. The molecule has 1 heterocycles. The van der Waals surface area contributed by atoms with Crippen LogP contribution in [0.2, 0.25) is 0 Å². The molecule has 5 nitrogen and oxygen atoms in total. The maximum atomic E-state index is 11.8. The number of rotatable bonds is 7. The standard InChI is InChI=1S/C14H16N2O3S/c17-13(15-6-8-20-10-14(18)19)9-16-7-5-11-3-1-2-4-12(11)16/h1-5,7H,6,8-10H2,(H,15,17)(H,18,19). The monoisotopic (exact) mass is 292 g/mol. The predicted molar refractivity (Wildman–Crippen MR) is 79.9 cm³/mol. The molecule has 0 spiro atoms. The maximum absolute atomic E-state index is 11.8. The topological polar surface area (TPSA) is 71.3 Å². The number of thioether (sulfide) groups is 1. The summed E-state index contributed by atoms with van der Waals surface area (Å²) in [5.74, 6) is -0.231. The van der Waals surface area contributed by atoms with Crippen LogP contribution in [0.25, 0.3) is 10.9 Å². The number of nitrogens with one attached hydrogen (secondary N) is 1. The van der Waals surface area contributed by atoms with Crippen LogP contribution in [0.15, 0.2) is 36.5 Å². The second-order valence-electron chi connectivity index (χ2n) is 4.30. The van der Waals surface area contributed by atoms with Crippen molar-refractivity contribution in [1.29, 1.82) is 0 Å². The normalized spacial score (nSPS) is 10.6. The van der Waals surface area contributed by atoms with Crippen molar-refractivity contribution in [2.24, 2.45) is 0 Å². The molecule has 2 aromatic rings. The molecule has 1 amide bonds. The molecule has 0 saturated carbocycles. The first-order chi connectivity index (χ1) is 9.66. The number of amides is 1. The number of carboxylic acid groups (broad SMARTS) is 1. The third-order valence-electron chi connectivity index (χ3n) is 2.79. The second-order valence-corrected chi connectivity index (χ2v) is 5.40. The number of nitrogens with zero attached hydrogens (tertiary/aromatic N) is 1. The first kappa shape index (κ1) is 14.5. The largest absolute Gasteiger partial charge is 0.481 e. The Kier molecular flexibility index (Phi) is 5.06. The average molecular weight is 292 g/mol. The van der Waals surface area contributed by atoms with Crippen LogP contribution in [0, 0.1) is 0 Å². The SMILES string of the molecule is O=C(O)CSCCNC(=O)Cn1ccc2ccccc21. The molecule has 0 atom stereocenters. The molecule has 6 heteroatoms. The molecule has 2 N–H and O–H groups in total. The molecular weight excluding hydrogens is 276 g/mol. The molecule has 0 unspecified atom stereocenters. The Hall–Kier alpha value is -1.95. The van der Waals surface area contributed by atoms with Gasteiger partial charge in [-0.15, -0.1) is 11.8 Å². The van der Waals surface area contributed by atoms with Crippen LogP contribution in [-0.2, 0) is 16.1 Å². The summed E-state index contributed by atoms with van der Waals surface area (Å²) >= 11 is 1.29. The summed E-state index contributed by atoms with van der Waals surface area (Å²) in [6, 6.07) is 9.87. The average Bonchev–Trinajstić information content (AvgIpc) is 2.81. The lowest BCUT2D eigenvalue weighted by Crippen LogP contribution is -2.29. The molecule has 20 heavy (non-hydrogen) atoms. The van der Waals surface area contributed by atoms with Crippen LogP contribution in [0.5, 0.6) is 0 Å². The number of carbonyl (C=O) groups excluding carboxylic acids is 1. The van der Waals surface area contributed by atoms with Crippen molar-refractivity contribution in [3.8, 4) is 0 Å². The fourth-order valence-corrected chi connectivity index (χ4v) is 2.48. The summed E-state index contributed by atoms with van der Waals surface area (Å²) in [6.07, 6.45) is 1.89. The Balaban J connectivity index is 1.78. The highest BCUT2D eigenvalue weighted by molar-refractivity contribution is 7.99. The Morgan fingerprint density at radius 1 is 1.25 bits per heavy atom. The second kappa shape index (κ2) is 7.00. The third kappa shape index (κ3) is 4.03. The molecule has 1 aromatic heterocycles. The van der Waals surface area contributed by atoms with E-state index in [0.717, 1.165) is 10.9 Å². The Bertz CT molecular complexity index is 609. The van der Waals surface area contributed by atoms with E-state index in [1.54, 1.807) is 0 Å². The minimum Gasteiger partial charge on any atom is -0.481 e. The molecule has 0 bridgehead atoms. The zero-order chi connectivity index (χ0) is 14.4. The number of hydrogen-bond donors (Lipinski definition) is 2. The van der Waals surface area contributed by atoms with Gasteiger partial charge in [-0.1, -0.05) is 18.2 Å². The number of carbonyl (C=O) groups is 2. The van der Waals surface area contributed by atoms with Crippen molar-refractivity contribution < 1.29 is 14.7 Å². The molecule has 2 rings (SSSR count). The van der Waals surface area contributed by atoms with Gasteiger partial charge in [-0.2, -0.15) is 0 Å². The van der Waals surface area contributed by atoms with E-state index in [4.69, 9.17) is 5.11 Å². The lowest BCUT2D eigenvalue weighted by atomic mass is 10.2. The van der Waals surface area contributed by atoms with Crippen molar-refractivity contribution in [2.75, 3.05) is 18.1 Å². The smallest absolute Gasteiger partial charge is 0.313 e. The van der Waals surface area contributed by atoms with Crippen LogP contribution in [0.3, 0.4) is 0 Å². The molecule has 106 valence electrons. The van der Waals surface area contributed by atoms with Gasteiger partial charge < -0.3 is 15.0 Å². The zero-order valence-electron chi connectivity index (χ0n) is 10.9. The molecule has 0 radical (unpaired) electrons. The molecule has 1 aromatic carbocycles. The van der Waals surface area contributed by atoms with Crippen molar-refractivity contribution in [3.63, 3.8) is 0 Å². The van der Waals surface area contributed by atoms with Gasteiger partial charge in [0.1, 0.15) is 6.54 Å². The van der Waals surface area contributed by atoms with Gasteiger partial charge in [0.05, 0.1) is 5.75 Å². The van der Waals surface area contributed by atoms with Crippen LogP contribution in [0.4, 0.5) is 0 Å². The summed E-state index contributed by atoms with van der Waals surface area (Å²) < 4.78 is 1.90.